The molecule has 0 aliphatic heterocycles. The van der Waals surface area contributed by atoms with Crippen molar-refractivity contribution >= 4 is 5.78 Å². The molecule has 1 aromatic rings. The van der Waals surface area contributed by atoms with Crippen molar-refractivity contribution in [2.45, 2.75) is 51.5 Å². The van der Waals surface area contributed by atoms with E-state index in [9.17, 15) is 4.79 Å². The van der Waals surface area contributed by atoms with Gasteiger partial charge in [-0.3, -0.25) is 4.79 Å². The van der Waals surface area contributed by atoms with Crippen LogP contribution in [0.4, 0.5) is 0 Å². The van der Waals surface area contributed by atoms with Crippen molar-refractivity contribution in [3.63, 3.8) is 0 Å². The molecule has 1 aromatic carbocycles. The first-order valence-electron chi connectivity index (χ1n) is 6.53. The minimum Gasteiger partial charge on any atom is -0.327 e. The van der Waals surface area contributed by atoms with E-state index in [4.69, 9.17) is 5.73 Å². The minimum atomic E-state index is 0.0595. The largest absolute Gasteiger partial charge is 0.327 e. The van der Waals surface area contributed by atoms with E-state index in [2.05, 4.69) is 19.1 Å². The predicted octanol–water partition coefficient (Wildman–Crippen LogP) is 3.10. The van der Waals surface area contributed by atoms with Crippen molar-refractivity contribution in [3.05, 3.63) is 35.9 Å². The minimum absolute atomic E-state index is 0.0595. The van der Waals surface area contributed by atoms with Crippen LogP contribution in [0.25, 0.3) is 0 Å². The quantitative estimate of drug-likeness (QED) is 0.749. The van der Waals surface area contributed by atoms with E-state index < -0.39 is 0 Å². The summed E-state index contributed by atoms with van der Waals surface area (Å²) in [6, 6.07) is 10.4. The molecule has 0 spiro atoms. The summed E-state index contributed by atoms with van der Waals surface area (Å²) in [5.74, 6) is 0.307. The van der Waals surface area contributed by atoms with E-state index in [0.29, 0.717) is 18.6 Å². The molecule has 0 aromatic heterocycles. The third kappa shape index (κ3) is 6.22. The lowest BCUT2D eigenvalue weighted by Crippen LogP contribution is -2.23. The molecule has 0 aliphatic rings. The SMILES string of the molecule is CCCC(N)CC(=O)CCCc1ccccc1. The van der Waals surface area contributed by atoms with Crippen LogP contribution < -0.4 is 5.73 Å². The van der Waals surface area contributed by atoms with Crippen LogP contribution in [0.1, 0.15) is 44.6 Å². The number of aryl methyl sites for hydroxylation is 1. The number of benzene rings is 1. The van der Waals surface area contributed by atoms with Crippen LogP contribution in [0, 0.1) is 0 Å². The Balaban J connectivity index is 2.16. The molecule has 0 amide bonds. The van der Waals surface area contributed by atoms with E-state index in [1.54, 1.807) is 0 Å². The maximum Gasteiger partial charge on any atom is 0.134 e. The van der Waals surface area contributed by atoms with Crippen LogP contribution in [0.3, 0.4) is 0 Å². The van der Waals surface area contributed by atoms with Gasteiger partial charge in [0, 0.05) is 18.9 Å². The summed E-state index contributed by atoms with van der Waals surface area (Å²) in [5.41, 5.74) is 7.15. The molecule has 2 N–H and O–H groups in total. The van der Waals surface area contributed by atoms with Crippen molar-refractivity contribution in [3.8, 4) is 0 Å². The summed E-state index contributed by atoms with van der Waals surface area (Å²) in [6.07, 6.45) is 5.12. The second-order valence-electron chi connectivity index (χ2n) is 4.63. The second kappa shape index (κ2) is 8.02. The van der Waals surface area contributed by atoms with Gasteiger partial charge in [-0.1, -0.05) is 43.7 Å². The summed E-state index contributed by atoms with van der Waals surface area (Å²) in [5, 5.41) is 0. The molecule has 0 radical (unpaired) electrons. The maximum atomic E-state index is 11.6. The monoisotopic (exact) mass is 233 g/mol. The average Bonchev–Trinajstić information content (AvgIpc) is 2.30. The third-order valence-corrected chi connectivity index (χ3v) is 2.91. The van der Waals surface area contributed by atoms with E-state index in [0.717, 1.165) is 25.7 Å². The fourth-order valence-corrected chi connectivity index (χ4v) is 2.00. The Bertz CT molecular complexity index is 321. The highest BCUT2D eigenvalue weighted by atomic mass is 16.1. The summed E-state index contributed by atoms with van der Waals surface area (Å²) in [6.45, 7) is 2.10. The van der Waals surface area contributed by atoms with Crippen molar-refractivity contribution in [2.75, 3.05) is 0 Å². The Morgan fingerprint density at radius 1 is 1.29 bits per heavy atom. The van der Waals surface area contributed by atoms with Crippen molar-refractivity contribution in [2.24, 2.45) is 5.73 Å². The summed E-state index contributed by atoms with van der Waals surface area (Å²) in [4.78, 5) is 11.6. The number of ketones is 1. The normalized spacial score (nSPS) is 12.4. The van der Waals surface area contributed by atoms with Crippen molar-refractivity contribution < 1.29 is 4.79 Å². The van der Waals surface area contributed by atoms with Gasteiger partial charge in [-0.15, -0.1) is 0 Å². The van der Waals surface area contributed by atoms with Crippen LogP contribution in [0.5, 0.6) is 0 Å². The fraction of sp³-hybridized carbons (Fsp3) is 0.533. The maximum absolute atomic E-state index is 11.6. The van der Waals surface area contributed by atoms with E-state index >= 15 is 0 Å². The second-order valence-corrected chi connectivity index (χ2v) is 4.63. The van der Waals surface area contributed by atoms with Gasteiger partial charge in [-0.05, 0) is 24.8 Å². The number of Topliss-reactive ketones (excluding diaryl/α,β-unsaturated/α-hetero) is 1. The molecule has 0 saturated carbocycles. The standard InChI is InChI=1S/C15H23NO/c1-2-7-14(16)12-15(17)11-6-10-13-8-4-3-5-9-13/h3-5,8-9,14H,2,6-7,10-12,16H2,1H3. The zero-order valence-corrected chi connectivity index (χ0v) is 10.7. The van der Waals surface area contributed by atoms with E-state index in [1.165, 1.54) is 5.56 Å². The van der Waals surface area contributed by atoms with Gasteiger partial charge in [0.1, 0.15) is 5.78 Å². The molecule has 2 nitrogen and oxygen atoms in total. The van der Waals surface area contributed by atoms with E-state index in [-0.39, 0.29) is 6.04 Å². The van der Waals surface area contributed by atoms with Crippen LogP contribution in [-0.4, -0.2) is 11.8 Å². The van der Waals surface area contributed by atoms with Gasteiger partial charge in [0.2, 0.25) is 0 Å². The lowest BCUT2D eigenvalue weighted by atomic mass is 10.0. The molecule has 1 rings (SSSR count). The van der Waals surface area contributed by atoms with Crippen LogP contribution in [0.2, 0.25) is 0 Å². The first-order valence-corrected chi connectivity index (χ1v) is 6.53. The van der Waals surface area contributed by atoms with Gasteiger partial charge >= 0.3 is 0 Å². The topological polar surface area (TPSA) is 43.1 Å². The van der Waals surface area contributed by atoms with Crippen LogP contribution in [0.15, 0.2) is 30.3 Å². The lowest BCUT2D eigenvalue weighted by Gasteiger charge is -2.08. The van der Waals surface area contributed by atoms with Crippen LogP contribution >= 0.6 is 0 Å². The summed E-state index contributed by atoms with van der Waals surface area (Å²) >= 11 is 0. The Hall–Kier alpha value is -1.15. The zero-order valence-electron chi connectivity index (χ0n) is 10.7. The number of carbonyl (C=O) groups is 1. The molecule has 1 unspecified atom stereocenters. The molecule has 0 saturated heterocycles. The first kappa shape index (κ1) is 13.9. The Labute approximate surface area is 104 Å². The van der Waals surface area contributed by atoms with Crippen molar-refractivity contribution in [1.29, 1.82) is 0 Å². The Morgan fingerprint density at radius 3 is 2.65 bits per heavy atom. The number of hydrogen-bond acceptors (Lipinski definition) is 2. The smallest absolute Gasteiger partial charge is 0.134 e. The molecule has 17 heavy (non-hydrogen) atoms. The average molecular weight is 233 g/mol. The van der Waals surface area contributed by atoms with Gasteiger partial charge in [0.25, 0.3) is 0 Å². The molecule has 1 atom stereocenters. The third-order valence-electron chi connectivity index (χ3n) is 2.91. The molecule has 0 aliphatic carbocycles. The number of hydrogen-bond donors (Lipinski definition) is 1. The highest BCUT2D eigenvalue weighted by Crippen LogP contribution is 2.07. The van der Waals surface area contributed by atoms with E-state index in [1.807, 2.05) is 18.2 Å². The van der Waals surface area contributed by atoms with Gasteiger partial charge in [-0.25, -0.2) is 0 Å². The molecule has 0 bridgehead atoms. The summed E-state index contributed by atoms with van der Waals surface area (Å²) in [7, 11) is 0. The summed E-state index contributed by atoms with van der Waals surface area (Å²) < 4.78 is 0. The van der Waals surface area contributed by atoms with Gasteiger partial charge in [-0.2, -0.15) is 0 Å². The molecule has 0 heterocycles. The van der Waals surface area contributed by atoms with Crippen LogP contribution in [-0.2, 0) is 11.2 Å². The Kier molecular flexibility index (Phi) is 6.56. The molecular formula is C15H23NO. The number of carbonyl (C=O) groups excluding carboxylic acids is 1. The molecular weight excluding hydrogens is 210 g/mol. The number of rotatable bonds is 8. The molecule has 2 heteroatoms. The highest BCUT2D eigenvalue weighted by molar-refractivity contribution is 5.78. The first-order chi connectivity index (χ1) is 8.22. The lowest BCUT2D eigenvalue weighted by molar-refractivity contribution is -0.119. The molecule has 94 valence electrons. The highest BCUT2D eigenvalue weighted by Gasteiger charge is 2.08. The van der Waals surface area contributed by atoms with Gasteiger partial charge < -0.3 is 5.73 Å². The molecule has 0 fully saturated rings. The van der Waals surface area contributed by atoms with Crippen molar-refractivity contribution in [1.82, 2.24) is 0 Å². The fourth-order valence-electron chi connectivity index (χ4n) is 2.00. The zero-order chi connectivity index (χ0) is 12.5. The van der Waals surface area contributed by atoms with Gasteiger partial charge in [0.05, 0.1) is 0 Å². The predicted molar refractivity (Wildman–Crippen MR) is 71.9 cm³/mol. The Morgan fingerprint density at radius 2 is 2.00 bits per heavy atom. The van der Waals surface area contributed by atoms with Gasteiger partial charge in [0.15, 0.2) is 0 Å². The number of nitrogens with two attached hydrogens (primary N) is 1.